The van der Waals surface area contributed by atoms with Gasteiger partial charge in [0.15, 0.2) is 8.68 Å². The molecule has 2 N–H and O–H groups in total. The summed E-state index contributed by atoms with van der Waals surface area (Å²) in [5, 5.41) is 13.8. The van der Waals surface area contributed by atoms with E-state index in [1.54, 1.807) is 0 Å². The molecule has 0 spiro atoms. The van der Waals surface area contributed by atoms with Crippen molar-refractivity contribution in [2.75, 3.05) is 22.1 Å². The summed E-state index contributed by atoms with van der Waals surface area (Å²) in [7, 11) is 0. The Kier molecular flexibility index (Phi) is 9.87. The molecule has 0 aliphatic heterocycles. The van der Waals surface area contributed by atoms with Gasteiger partial charge in [-0.05, 0) is 36.4 Å². The van der Waals surface area contributed by atoms with E-state index < -0.39 is 0 Å². The van der Waals surface area contributed by atoms with E-state index in [0.717, 1.165) is 17.9 Å². The molecular weight excluding hydrogens is 720 g/mol. The zero-order valence-corrected chi connectivity index (χ0v) is 24.1. The fourth-order valence-corrected chi connectivity index (χ4v) is 7.42. The van der Waals surface area contributed by atoms with Crippen LogP contribution in [-0.2, 0) is 9.59 Å². The minimum absolute atomic E-state index is 0.140. The maximum Gasteiger partial charge on any atom is 0.234 e. The minimum Gasteiger partial charge on any atom is -0.325 e. The monoisotopic (exact) mass is 728 g/mol. The summed E-state index contributed by atoms with van der Waals surface area (Å²) in [5.41, 5.74) is 1.40. The van der Waals surface area contributed by atoms with Crippen LogP contribution in [0.5, 0.6) is 0 Å². The molecule has 1 aromatic heterocycles. The molecule has 2 amide bonds. The first kappa shape index (κ1) is 25.2. The maximum atomic E-state index is 12.2. The van der Waals surface area contributed by atoms with Gasteiger partial charge in [-0.3, -0.25) is 9.59 Å². The number of halogens is 4. The molecule has 0 fully saturated rings. The second-order valence-electron chi connectivity index (χ2n) is 5.82. The van der Waals surface area contributed by atoms with Gasteiger partial charge in [0.2, 0.25) is 11.8 Å². The topological polar surface area (TPSA) is 84.0 Å². The Morgan fingerprint density at radius 3 is 1.42 bits per heavy atom. The van der Waals surface area contributed by atoms with Gasteiger partial charge in [-0.25, -0.2) is 0 Å². The molecule has 3 rings (SSSR count). The van der Waals surface area contributed by atoms with E-state index in [1.807, 2.05) is 36.4 Å². The molecule has 3 aromatic rings. The van der Waals surface area contributed by atoms with E-state index in [-0.39, 0.29) is 23.3 Å². The van der Waals surface area contributed by atoms with Gasteiger partial charge >= 0.3 is 0 Å². The van der Waals surface area contributed by atoms with E-state index in [9.17, 15) is 9.59 Å². The van der Waals surface area contributed by atoms with Crippen molar-refractivity contribution in [3.05, 3.63) is 54.3 Å². The van der Waals surface area contributed by atoms with Crippen molar-refractivity contribution in [2.45, 2.75) is 8.68 Å². The predicted molar refractivity (Wildman–Crippen MR) is 142 cm³/mol. The summed E-state index contributed by atoms with van der Waals surface area (Å²) in [6, 6.07) is 11.1. The lowest BCUT2D eigenvalue weighted by atomic mass is 10.3. The first-order valence-corrected chi connectivity index (χ1v) is 14.3. The van der Waals surface area contributed by atoms with Crippen LogP contribution in [-0.4, -0.2) is 33.5 Å². The molecular formula is C18H12Br4N4O2S3. The van der Waals surface area contributed by atoms with Gasteiger partial charge in [-0.15, -0.1) is 10.2 Å². The number of nitrogens with zero attached hydrogens (tertiary/aromatic N) is 2. The zero-order chi connectivity index (χ0) is 22.4. The Morgan fingerprint density at radius 1 is 0.710 bits per heavy atom. The number of aromatic nitrogens is 2. The fraction of sp³-hybridized carbons (Fsp3) is 0.111. The Balaban J connectivity index is 1.44. The number of carbonyl (C=O) groups is 2. The van der Waals surface area contributed by atoms with Gasteiger partial charge in [-0.2, -0.15) is 0 Å². The normalized spacial score (nSPS) is 10.7. The van der Waals surface area contributed by atoms with Gasteiger partial charge < -0.3 is 10.6 Å². The smallest absolute Gasteiger partial charge is 0.234 e. The summed E-state index contributed by atoms with van der Waals surface area (Å²) in [5.74, 6) is 0.140. The number of thioether (sulfide) groups is 2. The quantitative estimate of drug-likeness (QED) is 0.242. The summed E-state index contributed by atoms with van der Waals surface area (Å²) in [4.78, 5) is 24.4. The third-order valence-electron chi connectivity index (χ3n) is 3.33. The van der Waals surface area contributed by atoms with Crippen molar-refractivity contribution >= 4 is 122 Å². The Labute approximate surface area is 224 Å². The first-order chi connectivity index (χ1) is 14.8. The standard InChI is InChI=1S/C18H12Br4N4O2S3/c19-9-1-10(20)4-13(3-9)23-15(27)7-29-17-25-26-18(31-17)30-8-16(28)24-14-5-11(21)2-12(22)6-14/h1-6H,7-8H2,(H,23,27)(H,24,28). The Hall–Kier alpha value is -0.440. The highest BCUT2D eigenvalue weighted by molar-refractivity contribution is 9.11. The van der Waals surface area contributed by atoms with Crippen molar-refractivity contribution in [2.24, 2.45) is 0 Å². The number of nitrogens with one attached hydrogen (secondary N) is 2. The second-order valence-corrected chi connectivity index (χ2v) is 12.9. The summed E-state index contributed by atoms with van der Waals surface area (Å²) < 4.78 is 4.81. The Morgan fingerprint density at radius 2 is 1.06 bits per heavy atom. The summed E-state index contributed by atoms with van der Waals surface area (Å²) >= 11 is 17.5. The van der Waals surface area contributed by atoms with Crippen molar-refractivity contribution in [1.82, 2.24) is 10.2 Å². The number of rotatable bonds is 8. The number of anilines is 2. The third-order valence-corrected chi connectivity index (χ3v) is 8.36. The number of amides is 2. The van der Waals surface area contributed by atoms with Gasteiger partial charge in [-0.1, -0.05) is 98.6 Å². The number of hydrogen-bond acceptors (Lipinski definition) is 7. The van der Waals surface area contributed by atoms with Crippen molar-refractivity contribution in [3.63, 3.8) is 0 Å². The van der Waals surface area contributed by atoms with Crippen molar-refractivity contribution in [1.29, 1.82) is 0 Å². The molecule has 0 unspecified atom stereocenters. The first-order valence-electron chi connectivity index (χ1n) is 8.38. The molecule has 13 heteroatoms. The summed E-state index contributed by atoms with van der Waals surface area (Å²) in [6.07, 6.45) is 0. The molecule has 162 valence electrons. The van der Waals surface area contributed by atoms with E-state index >= 15 is 0 Å². The molecule has 0 bridgehead atoms. The molecule has 0 saturated carbocycles. The average Bonchev–Trinajstić information content (AvgIpc) is 3.11. The van der Waals surface area contributed by atoms with Crippen LogP contribution < -0.4 is 10.6 Å². The predicted octanol–water partition coefficient (Wildman–Crippen LogP) is 7.05. The second kappa shape index (κ2) is 12.1. The van der Waals surface area contributed by atoms with E-state index in [1.165, 1.54) is 34.9 Å². The molecule has 6 nitrogen and oxygen atoms in total. The van der Waals surface area contributed by atoms with Crippen LogP contribution in [0.3, 0.4) is 0 Å². The van der Waals surface area contributed by atoms with Gasteiger partial charge in [0.1, 0.15) is 0 Å². The molecule has 0 atom stereocenters. The lowest BCUT2D eigenvalue weighted by Crippen LogP contribution is -2.13. The van der Waals surface area contributed by atoms with Crippen LogP contribution in [0.1, 0.15) is 0 Å². The van der Waals surface area contributed by atoms with Gasteiger partial charge in [0, 0.05) is 29.3 Å². The van der Waals surface area contributed by atoms with Gasteiger partial charge in [0.25, 0.3) is 0 Å². The summed E-state index contributed by atoms with van der Waals surface area (Å²) in [6.45, 7) is 0. The zero-order valence-electron chi connectivity index (χ0n) is 15.3. The average molecular weight is 732 g/mol. The SMILES string of the molecule is O=C(CSc1nnc(SCC(=O)Nc2cc(Br)cc(Br)c2)s1)Nc1cc(Br)cc(Br)c1. The van der Waals surface area contributed by atoms with Crippen LogP contribution in [0.15, 0.2) is 63.0 Å². The highest BCUT2D eigenvalue weighted by Crippen LogP contribution is 2.30. The van der Waals surface area contributed by atoms with Crippen LogP contribution in [0.2, 0.25) is 0 Å². The van der Waals surface area contributed by atoms with Crippen LogP contribution in [0.25, 0.3) is 0 Å². The lowest BCUT2D eigenvalue weighted by molar-refractivity contribution is -0.114. The van der Waals surface area contributed by atoms with Crippen molar-refractivity contribution in [3.8, 4) is 0 Å². The molecule has 0 aliphatic rings. The molecule has 31 heavy (non-hydrogen) atoms. The maximum absolute atomic E-state index is 12.2. The van der Waals surface area contributed by atoms with E-state index in [4.69, 9.17) is 0 Å². The molecule has 0 saturated heterocycles. The Bertz CT molecular complexity index is 989. The molecule has 1 heterocycles. The largest absolute Gasteiger partial charge is 0.325 e. The van der Waals surface area contributed by atoms with Gasteiger partial charge in [0.05, 0.1) is 11.5 Å². The highest BCUT2D eigenvalue weighted by Gasteiger charge is 2.12. The third kappa shape index (κ3) is 8.78. The molecule has 0 aliphatic carbocycles. The number of carbonyl (C=O) groups excluding carboxylic acids is 2. The van der Waals surface area contributed by atoms with Crippen LogP contribution in [0, 0.1) is 0 Å². The number of benzene rings is 2. The highest BCUT2D eigenvalue weighted by atomic mass is 79.9. The fourth-order valence-electron chi connectivity index (χ4n) is 2.21. The van der Waals surface area contributed by atoms with Crippen LogP contribution >= 0.6 is 98.6 Å². The van der Waals surface area contributed by atoms with Crippen LogP contribution in [0.4, 0.5) is 11.4 Å². The minimum atomic E-state index is -0.140. The molecule has 0 radical (unpaired) electrons. The molecule has 2 aromatic carbocycles. The van der Waals surface area contributed by atoms with E-state index in [0.29, 0.717) is 20.1 Å². The lowest BCUT2D eigenvalue weighted by Gasteiger charge is -2.05. The van der Waals surface area contributed by atoms with Crippen molar-refractivity contribution < 1.29 is 9.59 Å². The van der Waals surface area contributed by atoms with E-state index in [2.05, 4.69) is 84.6 Å². The number of hydrogen-bond donors (Lipinski definition) is 2.